The molecule has 0 saturated heterocycles. The van der Waals surface area contributed by atoms with E-state index in [1.165, 1.54) is 12.1 Å². The average molecular weight is 380 g/mol. The van der Waals surface area contributed by atoms with E-state index in [-0.39, 0.29) is 5.82 Å². The molecule has 4 nitrogen and oxygen atoms in total. The molecule has 134 valence electrons. The second-order valence-electron chi connectivity index (χ2n) is 5.99. The van der Waals surface area contributed by atoms with Gasteiger partial charge >= 0.3 is 6.03 Å². The lowest BCUT2D eigenvalue weighted by Crippen LogP contribution is -2.19. The summed E-state index contributed by atoms with van der Waals surface area (Å²) < 4.78 is 13.3. The lowest BCUT2D eigenvalue weighted by Gasteiger charge is -2.10. The standard InChI is InChI=1S/C21H15ClFN3O/c22-16-6-2-4-8-18(16)25-21(27)26-20-15-5-1-3-7-17(15)24-19(20)13-9-11-14(23)12-10-13/h1-12,24H,(H2,25,26,27). The van der Waals surface area contributed by atoms with Crippen LogP contribution in [0.25, 0.3) is 22.2 Å². The average Bonchev–Trinajstić information content (AvgIpc) is 3.03. The van der Waals surface area contributed by atoms with Crippen molar-refractivity contribution in [3.63, 3.8) is 0 Å². The van der Waals surface area contributed by atoms with Gasteiger partial charge in [0.05, 0.1) is 22.1 Å². The van der Waals surface area contributed by atoms with Crippen molar-refractivity contribution in [1.82, 2.24) is 4.98 Å². The molecular weight excluding hydrogens is 365 g/mol. The van der Waals surface area contributed by atoms with Gasteiger partial charge in [0.2, 0.25) is 0 Å². The van der Waals surface area contributed by atoms with Crippen molar-refractivity contribution in [2.24, 2.45) is 0 Å². The Morgan fingerprint density at radius 3 is 2.37 bits per heavy atom. The zero-order chi connectivity index (χ0) is 18.8. The van der Waals surface area contributed by atoms with Crippen molar-refractivity contribution in [1.29, 1.82) is 0 Å². The highest BCUT2D eigenvalue weighted by Crippen LogP contribution is 2.35. The first-order chi connectivity index (χ1) is 13.1. The van der Waals surface area contributed by atoms with Crippen molar-refractivity contribution in [3.05, 3.63) is 83.6 Å². The van der Waals surface area contributed by atoms with Gasteiger partial charge in [-0.1, -0.05) is 41.9 Å². The Balaban J connectivity index is 1.71. The Kier molecular flexibility index (Phi) is 4.52. The molecule has 6 heteroatoms. The molecule has 3 N–H and O–H groups in total. The van der Waals surface area contributed by atoms with Crippen LogP contribution in [0.1, 0.15) is 0 Å². The number of carbonyl (C=O) groups excluding carboxylic acids is 1. The third-order valence-electron chi connectivity index (χ3n) is 4.20. The quantitative estimate of drug-likeness (QED) is 0.386. The zero-order valence-corrected chi connectivity index (χ0v) is 14.8. The van der Waals surface area contributed by atoms with E-state index in [1.807, 2.05) is 24.3 Å². The normalized spacial score (nSPS) is 10.7. The van der Waals surface area contributed by atoms with E-state index in [0.29, 0.717) is 22.1 Å². The third kappa shape index (κ3) is 3.50. The summed E-state index contributed by atoms with van der Waals surface area (Å²) in [4.78, 5) is 15.8. The molecule has 0 fully saturated rings. The molecule has 0 bridgehead atoms. The van der Waals surface area contributed by atoms with Crippen LogP contribution >= 0.6 is 11.6 Å². The number of hydrogen-bond acceptors (Lipinski definition) is 1. The van der Waals surface area contributed by atoms with Gasteiger partial charge in [-0.15, -0.1) is 0 Å². The van der Waals surface area contributed by atoms with Crippen molar-refractivity contribution < 1.29 is 9.18 Å². The molecular formula is C21H15ClFN3O. The van der Waals surface area contributed by atoms with Gasteiger partial charge < -0.3 is 15.6 Å². The van der Waals surface area contributed by atoms with Crippen LogP contribution in [0.5, 0.6) is 0 Å². The summed E-state index contributed by atoms with van der Waals surface area (Å²) in [5.74, 6) is -0.319. The molecule has 3 aromatic carbocycles. The molecule has 2 amide bonds. The molecule has 0 aliphatic carbocycles. The van der Waals surface area contributed by atoms with Crippen LogP contribution in [0, 0.1) is 5.82 Å². The molecule has 0 saturated carbocycles. The minimum Gasteiger partial charge on any atom is -0.353 e. The fourth-order valence-electron chi connectivity index (χ4n) is 2.93. The number of para-hydroxylation sites is 2. The van der Waals surface area contributed by atoms with Gasteiger partial charge in [-0.05, 0) is 42.5 Å². The Hall–Kier alpha value is -3.31. The van der Waals surface area contributed by atoms with E-state index in [2.05, 4.69) is 15.6 Å². The van der Waals surface area contributed by atoms with Gasteiger partial charge in [0.1, 0.15) is 5.82 Å². The summed E-state index contributed by atoms with van der Waals surface area (Å²) in [6.45, 7) is 0. The summed E-state index contributed by atoms with van der Waals surface area (Å²) in [5.41, 5.74) is 3.46. The predicted molar refractivity (Wildman–Crippen MR) is 108 cm³/mol. The molecule has 4 aromatic rings. The lowest BCUT2D eigenvalue weighted by molar-refractivity contribution is 0.262. The minimum absolute atomic E-state index is 0.319. The maximum absolute atomic E-state index is 13.3. The molecule has 0 atom stereocenters. The predicted octanol–water partition coefficient (Wildman–Crippen LogP) is 6.27. The van der Waals surface area contributed by atoms with E-state index in [9.17, 15) is 9.18 Å². The number of H-pyrrole nitrogens is 1. The number of carbonyl (C=O) groups is 1. The van der Waals surface area contributed by atoms with Crippen LogP contribution in [0.4, 0.5) is 20.6 Å². The van der Waals surface area contributed by atoms with Crippen LogP contribution in [-0.4, -0.2) is 11.0 Å². The van der Waals surface area contributed by atoms with E-state index < -0.39 is 6.03 Å². The number of aromatic amines is 1. The molecule has 4 rings (SSSR count). The Morgan fingerprint density at radius 2 is 1.59 bits per heavy atom. The first-order valence-electron chi connectivity index (χ1n) is 8.31. The van der Waals surface area contributed by atoms with Gasteiger partial charge in [-0.2, -0.15) is 0 Å². The molecule has 0 aliphatic rings. The number of nitrogens with one attached hydrogen (secondary N) is 3. The highest BCUT2D eigenvalue weighted by molar-refractivity contribution is 6.33. The number of benzene rings is 3. The lowest BCUT2D eigenvalue weighted by atomic mass is 10.1. The van der Waals surface area contributed by atoms with E-state index in [1.54, 1.807) is 36.4 Å². The van der Waals surface area contributed by atoms with Gasteiger partial charge in [-0.3, -0.25) is 0 Å². The number of anilines is 2. The number of halogens is 2. The number of hydrogen-bond donors (Lipinski definition) is 3. The number of fused-ring (bicyclic) bond motifs is 1. The third-order valence-corrected chi connectivity index (χ3v) is 4.53. The van der Waals surface area contributed by atoms with Crippen LogP contribution < -0.4 is 10.6 Å². The summed E-state index contributed by atoms with van der Waals surface area (Å²) in [6.07, 6.45) is 0. The SMILES string of the molecule is O=C(Nc1ccccc1Cl)Nc1c(-c2ccc(F)cc2)[nH]c2ccccc12. The Labute approximate surface area is 160 Å². The molecule has 0 radical (unpaired) electrons. The molecule has 0 spiro atoms. The maximum atomic E-state index is 13.3. The highest BCUT2D eigenvalue weighted by atomic mass is 35.5. The second kappa shape index (κ2) is 7.13. The maximum Gasteiger partial charge on any atom is 0.323 e. The van der Waals surface area contributed by atoms with Crippen LogP contribution in [0.15, 0.2) is 72.8 Å². The van der Waals surface area contributed by atoms with Crippen molar-refractivity contribution >= 4 is 39.9 Å². The number of rotatable bonds is 3. The van der Waals surface area contributed by atoms with Crippen LogP contribution in [0.3, 0.4) is 0 Å². The monoisotopic (exact) mass is 379 g/mol. The number of aromatic nitrogens is 1. The molecule has 0 unspecified atom stereocenters. The van der Waals surface area contributed by atoms with Gasteiger partial charge in [0.25, 0.3) is 0 Å². The van der Waals surface area contributed by atoms with E-state index >= 15 is 0 Å². The first-order valence-corrected chi connectivity index (χ1v) is 8.69. The van der Waals surface area contributed by atoms with Crippen molar-refractivity contribution in [3.8, 4) is 11.3 Å². The fourth-order valence-corrected chi connectivity index (χ4v) is 3.12. The second-order valence-corrected chi connectivity index (χ2v) is 6.39. The topological polar surface area (TPSA) is 56.9 Å². The summed E-state index contributed by atoms with van der Waals surface area (Å²) in [6, 6.07) is 20.3. The summed E-state index contributed by atoms with van der Waals surface area (Å²) in [5, 5.41) is 6.94. The first kappa shape index (κ1) is 17.1. The van der Waals surface area contributed by atoms with E-state index in [4.69, 9.17) is 11.6 Å². The van der Waals surface area contributed by atoms with Gasteiger partial charge in [0.15, 0.2) is 0 Å². The molecule has 1 aromatic heterocycles. The van der Waals surface area contributed by atoms with Gasteiger partial charge in [-0.25, -0.2) is 9.18 Å². The largest absolute Gasteiger partial charge is 0.353 e. The van der Waals surface area contributed by atoms with Crippen LogP contribution in [0.2, 0.25) is 5.02 Å². The number of amides is 2. The summed E-state index contributed by atoms with van der Waals surface area (Å²) >= 11 is 6.10. The summed E-state index contributed by atoms with van der Waals surface area (Å²) in [7, 11) is 0. The fraction of sp³-hybridized carbons (Fsp3) is 0. The van der Waals surface area contributed by atoms with Crippen molar-refractivity contribution in [2.45, 2.75) is 0 Å². The molecule has 0 aliphatic heterocycles. The van der Waals surface area contributed by atoms with E-state index in [0.717, 1.165) is 16.5 Å². The Morgan fingerprint density at radius 1 is 0.889 bits per heavy atom. The molecule has 27 heavy (non-hydrogen) atoms. The minimum atomic E-state index is -0.420. The number of urea groups is 1. The Bertz CT molecular complexity index is 1120. The van der Waals surface area contributed by atoms with Crippen LogP contribution in [-0.2, 0) is 0 Å². The highest BCUT2D eigenvalue weighted by Gasteiger charge is 2.16. The van der Waals surface area contributed by atoms with Crippen molar-refractivity contribution in [2.75, 3.05) is 10.6 Å². The molecule has 1 heterocycles. The zero-order valence-electron chi connectivity index (χ0n) is 14.1. The van der Waals surface area contributed by atoms with Gasteiger partial charge in [0, 0.05) is 16.5 Å². The smallest absolute Gasteiger partial charge is 0.323 e.